The summed E-state index contributed by atoms with van der Waals surface area (Å²) >= 11 is 0. The summed E-state index contributed by atoms with van der Waals surface area (Å²) in [7, 11) is 3.11. The molecule has 0 spiro atoms. The molecule has 1 saturated heterocycles. The van der Waals surface area contributed by atoms with E-state index in [4.69, 9.17) is 15.2 Å². The maximum Gasteiger partial charge on any atom is 0.227 e. The molecule has 7 nitrogen and oxygen atoms in total. The zero-order valence-electron chi connectivity index (χ0n) is 16.1. The van der Waals surface area contributed by atoms with Crippen molar-refractivity contribution in [2.75, 3.05) is 37.9 Å². The summed E-state index contributed by atoms with van der Waals surface area (Å²) in [6, 6.07) is 12.8. The molecule has 2 aromatic rings. The first kappa shape index (κ1) is 19.5. The van der Waals surface area contributed by atoms with Crippen molar-refractivity contribution in [1.29, 1.82) is 0 Å². The number of nitrogens with one attached hydrogen (secondary N) is 1. The van der Waals surface area contributed by atoms with Gasteiger partial charge in [-0.2, -0.15) is 0 Å². The Balaban J connectivity index is 1.59. The van der Waals surface area contributed by atoms with Crippen molar-refractivity contribution in [2.45, 2.75) is 12.8 Å². The number of anilines is 2. The first-order chi connectivity index (χ1) is 13.5. The summed E-state index contributed by atoms with van der Waals surface area (Å²) in [4.78, 5) is 26.6. The van der Waals surface area contributed by atoms with Gasteiger partial charge in [0.1, 0.15) is 11.5 Å². The first-order valence-corrected chi connectivity index (χ1v) is 9.16. The predicted molar refractivity (Wildman–Crippen MR) is 108 cm³/mol. The van der Waals surface area contributed by atoms with Gasteiger partial charge in [-0.05, 0) is 36.2 Å². The summed E-state index contributed by atoms with van der Waals surface area (Å²) in [5, 5.41) is 2.93. The van der Waals surface area contributed by atoms with Crippen LogP contribution in [0.4, 0.5) is 11.4 Å². The topological polar surface area (TPSA) is 93.9 Å². The lowest BCUT2D eigenvalue weighted by molar-refractivity contribution is -0.126. The van der Waals surface area contributed by atoms with Gasteiger partial charge in [0.05, 0.1) is 25.8 Å². The number of nitrogens with two attached hydrogens (primary N) is 1. The van der Waals surface area contributed by atoms with Crippen molar-refractivity contribution in [2.24, 2.45) is 5.92 Å². The van der Waals surface area contributed by atoms with Gasteiger partial charge in [0.25, 0.3) is 0 Å². The molecule has 1 aliphatic heterocycles. The normalized spacial score (nSPS) is 16.1. The summed E-state index contributed by atoms with van der Waals surface area (Å²) in [5.41, 5.74) is 8.13. The standard InChI is InChI=1S/C21H25N3O4/c1-27-17-7-8-18(19(12-17)28-2)24-13-15(11-20(24)25)21(26)23-10-9-14-3-5-16(22)6-4-14/h3-8,12,15H,9-11,13,22H2,1-2H3,(H,23,26). The smallest absolute Gasteiger partial charge is 0.227 e. The van der Waals surface area contributed by atoms with E-state index in [1.54, 1.807) is 37.3 Å². The van der Waals surface area contributed by atoms with Crippen LogP contribution in [-0.2, 0) is 16.0 Å². The molecule has 0 saturated carbocycles. The Labute approximate surface area is 164 Å². The zero-order chi connectivity index (χ0) is 20.1. The molecule has 0 aliphatic carbocycles. The van der Waals surface area contributed by atoms with Crippen molar-refractivity contribution in [3.05, 3.63) is 48.0 Å². The van der Waals surface area contributed by atoms with E-state index in [9.17, 15) is 9.59 Å². The number of amides is 2. The van der Waals surface area contributed by atoms with Crippen molar-refractivity contribution in [1.82, 2.24) is 5.32 Å². The van der Waals surface area contributed by atoms with Crippen molar-refractivity contribution < 1.29 is 19.1 Å². The molecule has 1 heterocycles. The Hall–Kier alpha value is -3.22. The fourth-order valence-corrected chi connectivity index (χ4v) is 3.28. The molecule has 0 aromatic heterocycles. The molecule has 1 unspecified atom stereocenters. The van der Waals surface area contributed by atoms with E-state index in [0.29, 0.717) is 42.4 Å². The second kappa shape index (κ2) is 8.65. The molecule has 3 N–H and O–H groups in total. The average molecular weight is 383 g/mol. The highest BCUT2D eigenvalue weighted by Gasteiger charge is 2.36. The van der Waals surface area contributed by atoms with Crippen LogP contribution in [0.1, 0.15) is 12.0 Å². The SMILES string of the molecule is COc1ccc(N2CC(C(=O)NCCc3ccc(N)cc3)CC2=O)c(OC)c1. The number of nitrogens with zero attached hydrogens (tertiary/aromatic N) is 1. The van der Waals surface area contributed by atoms with Gasteiger partial charge in [0, 0.05) is 31.3 Å². The van der Waals surface area contributed by atoms with Gasteiger partial charge in [-0.15, -0.1) is 0 Å². The van der Waals surface area contributed by atoms with Gasteiger partial charge in [-0.3, -0.25) is 9.59 Å². The minimum Gasteiger partial charge on any atom is -0.497 e. The third kappa shape index (κ3) is 4.36. The lowest BCUT2D eigenvalue weighted by Crippen LogP contribution is -2.34. The van der Waals surface area contributed by atoms with Gasteiger partial charge in [0.15, 0.2) is 0 Å². The number of rotatable bonds is 7. The number of carbonyl (C=O) groups excluding carboxylic acids is 2. The van der Waals surface area contributed by atoms with Crippen LogP contribution < -0.4 is 25.4 Å². The number of benzene rings is 2. The molecular weight excluding hydrogens is 358 g/mol. The second-order valence-electron chi connectivity index (χ2n) is 6.73. The molecule has 2 aromatic carbocycles. The molecule has 2 amide bonds. The summed E-state index contributed by atoms with van der Waals surface area (Å²) < 4.78 is 10.6. The Bertz CT molecular complexity index is 851. The highest BCUT2D eigenvalue weighted by Crippen LogP contribution is 2.35. The molecule has 3 rings (SSSR count). The Kier molecular flexibility index (Phi) is 6.03. The lowest BCUT2D eigenvalue weighted by atomic mass is 10.1. The fourth-order valence-electron chi connectivity index (χ4n) is 3.28. The minimum absolute atomic E-state index is 0.0952. The quantitative estimate of drug-likeness (QED) is 0.713. The van der Waals surface area contributed by atoms with E-state index in [-0.39, 0.29) is 24.2 Å². The van der Waals surface area contributed by atoms with Crippen LogP contribution in [0, 0.1) is 5.92 Å². The fraction of sp³-hybridized carbons (Fsp3) is 0.333. The van der Waals surface area contributed by atoms with E-state index < -0.39 is 0 Å². The molecule has 148 valence electrons. The molecule has 28 heavy (non-hydrogen) atoms. The molecule has 0 radical (unpaired) electrons. The van der Waals surface area contributed by atoms with E-state index in [1.165, 1.54) is 0 Å². The number of hydrogen-bond donors (Lipinski definition) is 2. The van der Waals surface area contributed by atoms with E-state index in [1.807, 2.05) is 24.3 Å². The number of ether oxygens (including phenoxy) is 2. The monoisotopic (exact) mass is 383 g/mol. The van der Waals surface area contributed by atoms with Crippen LogP contribution >= 0.6 is 0 Å². The van der Waals surface area contributed by atoms with Gasteiger partial charge in [0.2, 0.25) is 11.8 Å². The van der Waals surface area contributed by atoms with E-state index >= 15 is 0 Å². The molecule has 7 heteroatoms. The maximum absolute atomic E-state index is 12.5. The average Bonchev–Trinajstić information content (AvgIpc) is 3.10. The second-order valence-corrected chi connectivity index (χ2v) is 6.73. The maximum atomic E-state index is 12.5. The highest BCUT2D eigenvalue weighted by molar-refractivity contribution is 6.01. The largest absolute Gasteiger partial charge is 0.497 e. The van der Waals surface area contributed by atoms with Crippen LogP contribution in [-0.4, -0.2) is 39.1 Å². The number of carbonyl (C=O) groups is 2. The van der Waals surface area contributed by atoms with Gasteiger partial charge in [-0.25, -0.2) is 0 Å². The first-order valence-electron chi connectivity index (χ1n) is 9.16. The molecule has 1 atom stereocenters. The van der Waals surface area contributed by atoms with Crippen molar-refractivity contribution in [3.63, 3.8) is 0 Å². The third-order valence-corrected chi connectivity index (χ3v) is 4.87. The molecular formula is C21H25N3O4. The number of methoxy groups -OCH3 is 2. The van der Waals surface area contributed by atoms with Crippen LogP contribution in [0.25, 0.3) is 0 Å². The molecule has 0 bridgehead atoms. The van der Waals surface area contributed by atoms with Crippen LogP contribution in [0.15, 0.2) is 42.5 Å². The van der Waals surface area contributed by atoms with Crippen LogP contribution in [0.3, 0.4) is 0 Å². The summed E-state index contributed by atoms with van der Waals surface area (Å²) in [6.45, 7) is 0.842. The molecule has 1 aliphatic rings. The van der Waals surface area contributed by atoms with E-state index in [2.05, 4.69) is 5.32 Å². The van der Waals surface area contributed by atoms with Gasteiger partial charge >= 0.3 is 0 Å². The number of hydrogen-bond acceptors (Lipinski definition) is 5. The zero-order valence-corrected chi connectivity index (χ0v) is 16.1. The minimum atomic E-state index is -0.384. The summed E-state index contributed by atoms with van der Waals surface area (Å²) in [5.74, 6) is 0.591. The van der Waals surface area contributed by atoms with Crippen LogP contribution in [0.5, 0.6) is 11.5 Å². The van der Waals surface area contributed by atoms with E-state index in [0.717, 1.165) is 5.56 Å². The molecule has 1 fully saturated rings. The van der Waals surface area contributed by atoms with Gasteiger partial charge in [-0.1, -0.05) is 12.1 Å². The van der Waals surface area contributed by atoms with Crippen molar-refractivity contribution in [3.8, 4) is 11.5 Å². The lowest BCUT2D eigenvalue weighted by Gasteiger charge is -2.20. The highest BCUT2D eigenvalue weighted by atomic mass is 16.5. The Morgan fingerprint density at radius 3 is 2.61 bits per heavy atom. The summed E-state index contributed by atoms with van der Waals surface area (Å²) in [6.07, 6.45) is 0.894. The van der Waals surface area contributed by atoms with Crippen molar-refractivity contribution >= 4 is 23.2 Å². The third-order valence-electron chi connectivity index (χ3n) is 4.87. The number of nitrogen functional groups attached to an aromatic ring is 1. The van der Waals surface area contributed by atoms with Crippen LogP contribution in [0.2, 0.25) is 0 Å². The Morgan fingerprint density at radius 1 is 1.18 bits per heavy atom. The Morgan fingerprint density at radius 2 is 1.93 bits per heavy atom. The van der Waals surface area contributed by atoms with Gasteiger partial charge < -0.3 is 25.4 Å². The predicted octanol–water partition coefficient (Wildman–Crippen LogP) is 2.00.